The maximum Gasteiger partial charge on any atom is 0.268 e. The summed E-state index contributed by atoms with van der Waals surface area (Å²) in [7, 11) is 1.81. The van der Waals surface area contributed by atoms with Crippen molar-refractivity contribution >= 4 is 29.9 Å². The molecule has 1 amide bonds. The summed E-state index contributed by atoms with van der Waals surface area (Å²) in [5, 5.41) is 6.80. The molecule has 1 aliphatic rings. The maximum absolute atomic E-state index is 12.1. The van der Waals surface area contributed by atoms with E-state index in [9.17, 15) is 4.79 Å². The molecule has 0 atom stereocenters. The molecule has 0 aliphatic carbocycles. The molecule has 3 rings (SSSR count). The molecule has 112 valence electrons. The summed E-state index contributed by atoms with van der Waals surface area (Å²) in [6.45, 7) is 2.36. The topological polar surface area (TPSA) is 46.1 Å². The minimum Gasteiger partial charge on any atom is -0.347 e. The van der Waals surface area contributed by atoms with Gasteiger partial charge in [0.15, 0.2) is 0 Å². The number of hydrogen-bond donors (Lipinski definition) is 2. The van der Waals surface area contributed by atoms with Gasteiger partial charge in [0.05, 0.1) is 5.02 Å². The van der Waals surface area contributed by atoms with E-state index in [1.165, 1.54) is 11.1 Å². The Morgan fingerprint density at radius 2 is 2.10 bits per heavy atom. The first-order valence-corrected chi connectivity index (χ1v) is 6.93. The van der Waals surface area contributed by atoms with E-state index in [0.717, 1.165) is 18.7 Å². The van der Waals surface area contributed by atoms with Crippen LogP contribution in [-0.2, 0) is 26.7 Å². The lowest BCUT2D eigenvalue weighted by Crippen LogP contribution is -2.24. The van der Waals surface area contributed by atoms with Crippen LogP contribution in [0.2, 0.25) is 5.02 Å². The fourth-order valence-electron chi connectivity index (χ4n) is 2.48. The summed E-state index contributed by atoms with van der Waals surface area (Å²) < 4.78 is 1.73. The number of hydrogen-bond acceptors (Lipinski definition) is 2. The van der Waals surface area contributed by atoms with E-state index in [1.54, 1.807) is 16.8 Å². The largest absolute Gasteiger partial charge is 0.347 e. The Morgan fingerprint density at radius 3 is 2.81 bits per heavy atom. The molecule has 2 heterocycles. The quantitative estimate of drug-likeness (QED) is 0.911. The van der Waals surface area contributed by atoms with Crippen LogP contribution in [0, 0.1) is 0 Å². The van der Waals surface area contributed by atoms with Crippen molar-refractivity contribution in [3.8, 4) is 0 Å². The molecule has 0 saturated carbocycles. The van der Waals surface area contributed by atoms with Gasteiger partial charge >= 0.3 is 0 Å². The normalized spacial score (nSPS) is 12.7. The molecule has 21 heavy (non-hydrogen) atoms. The van der Waals surface area contributed by atoms with E-state index in [2.05, 4.69) is 28.8 Å². The zero-order valence-corrected chi connectivity index (χ0v) is 13.2. The Kier molecular flexibility index (Phi) is 4.93. The van der Waals surface area contributed by atoms with Crippen LogP contribution < -0.4 is 10.6 Å². The number of nitrogens with zero attached hydrogens (tertiary/aromatic N) is 1. The fraction of sp³-hybridized carbons (Fsp3) is 0.267. The van der Waals surface area contributed by atoms with Gasteiger partial charge in [-0.05, 0) is 22.8 Å². The first-order chi connectivity index (χ1) is 9.63. The molecule has 1 aromatic heterocycles. The van der Waals surface area contributed by atoms with Gasteiger partial charge in [-0.1, -0.05) is 29.8 Å². The number of benzene rings is 1. The van der Waals surface area contributed by atoms with Gasteiger partial charge < -0.3 is 15.2 Å². The molecule has 6 heteroatoms. The second kappa shape index (κ2) is 6.52. The average molecular weight is 326 g/mol. The molecular weight excluding hydrogens is 309 g/mol. The number of aryl methyl sites for hydroxylation is 1. The molecule has 0 unspecified atom stereocenters. The minimum atomic E-state index is -0.113. The third-order valence-electron chi connectivity index (χ3n) is 3.56. The predicted molar refractivity (Wildman–Crippen MR) is 85.8 cm³/mol. The van der Waals surface area contributed by atoms with Gasteiger partial charge in [0.25, 0.3) is 5.91 Å². The minimum absolute atomic E-state index is 0. The van der Waals surface area contributed by atoms with Crippen LogP contribution in [0.1, 0.15) is 27.2 Å². The summed E-state index contributed by atoms with van der Waals surface area (Å²) >= 11 is 5.88. The van der Waals surface area contributed by atoms with E-state index in [-0.39, 0.29) is 18.3 Å². The summed E-state index contributed by atoms with van der Waals surface area (Å²) in [6, 6.07) is 8.00. The molecule has 1 aromatic carbocycles. The van der Waals surface area contributed by atoms with Crippen molar-refractivity contribution in [3.63, 3.8) is 0 Å². The van der Waals surface area contributed by atoms with E-state index in [1.807, 2.05) is 7.05 Å². The van der Waals surface area contributed by atoms with Crippen molar-refractivity contribution < 1.29 is 4.79 Å². The van der Waals surface area contributed by atoms with Crippen molar-refractivity contribution in [2.45, 2.75) is 19.6 Å². The lowest BCUT2D eigenvalue weighted by Gasteiger charge is -2.07. The van der Waals surface area contributed by atoms with Crippen LogP contribution in [0.5, 0.6) is 0 Å². The standard InChI is InChI=1S/C15H16ClN3O.ClH/c1-19-9-13(16)5-14(19)15(20)18-6-10-2-3-11-7-17-8-12(11)4-10;/h2-5,9,17H,6-8H2,1H3,(H,18,20);1H. The Balaban J connectivity index is 0.00000161. The summed E-state index contributed by atoms with van der Waals surface area (Å²) in [5.41, 5.74) is 4.34. The van der Waals surface area contributed by atoms with Gasteiger partial charge in [-0.3, -0.25) is 4.79 Å². The second-order valence-electron chi connectivity index (χ2n) is 5.04. The molecular formula is C15H17Cl2N3O. The van der Waals surface area contributed by atoms with Gasteiger partial charge in [-0.15, -0.1) is 12.4 Å². The third-order valence-corrected chi connectivity index (χ3v) is 3.77. The lowest BCUT2D eigenvalue weighted by molar-refractivity contribution is 0.0943. The molecule has 1 aliphatic heterocycles. The van der Waals surface area contributed by atoms with Crippen LogP contribution >= 0.6 is 24.0 Å². The first kappa shape index (κ1) is 15.9. The van der Waals surface area contributed by atoms with Crippen LogP contribution in [0.3, 0.4) is 0 Å². The van der Waals surface area contributed by atoms with Gasteiger partial charge in [0.2, 0.25) is 0 Å². The van der Waals surface area contributed by atoms with Crippen molar-refractivity contribution in [1.29, 1.82) is 0 Å². The molecule has 0 fully saturated rings. The van der Waals surface area contributed by atoms with E-state index >= 15 is 0 Å². The molecule has 0 spiro atoms. The van der Waals surface area contributed by atoms with Crippen molar-refractivity contribution in [2.24, 2.45) is 7.05 Å². The monoisotopic (exact) mass is 325 g/mol. The number of halogens is 2. The molecule has 2 N–H and O–H groups in total. The number of rotatable bonds is 3. The average Bonchev–Trinajstić information content (AvgIpc) is 3.01. The summed E-state index contributed by atoms with van der Waals surface area (Å²) in [6.07, 6.45) is 1.72. The van der Waals surface area contributed by atoms with Gasteiger partial charge in [0.1, 0.15) is 5.69 Å². The van der Waals surface area contributed by atoms with Crippen molar-refractivity contribution in [3.05, 3.63) is 57.9 Å². The van der Waals surface area contributed by atoms with Crippen LogP contribution in [0.25, 0.3) is 0 Å². The molecule has 4 nitrogen and oxygen atoms in total. The zero-order chi connectivity index (χ0) is 14.1. The Bertz CT molecular complexity index is 667. The van der Waals surface area contributed by atoms with Crippen LogP contribution in [0.4, 0.5) is 0 Å². The van der Waals surface area contributed by atoms with E-state index in [4.69, 9.17) is 11.6 Å². The predicted octanol–water partition coefficient (Wildman–Crippen LogP) is 2.63. The third kappa shape index (κ3) is 3.40. The van der Waals surface area contributed by atoms with Crippen molar-refractivity contribution in [1.82, 2.24) is 15.2 Å². The Labute approximate surface area is 134 Å². The number of carbonyl (C=O) groups is 1. The highest BCUT2D eigenvalue weighted by molar-refractivity contribution is 6.31. The Morgan fingerprint density at radius 1 is 1.33 bits per heavy atom. The highest BCUT2D eigenvalue weighted by Gasteiger charge is 2.12. The maximum atomic E-state index is 12.1. The number of amides is 1. The van der Waals surface area contributed by atoms with Gasteiger partial charge in [-0.2, -0.15) is 0 Å². The highest BCUT2D eigenvalue weighted by atomic mass is 35.5. The molecule has 0 bridgehead atoms. The molecule has 2 aromatic rings. The summed E-state index contributed by atoms with van der Waals surface area (Å²) in [4.78, 5) is 12.1. The SMILES string of the molecule is Cl.Cn1cc(Cl)cc1C(=O)NCc1ccc2c(c1)CNC2. The Hall–Kier alpha value is -1.49. The smallest absolute Gasteiger partial charge is 0.268 e. The first-order valence-electron chi connectivity index (χ1n) is 6.55. The fourth-order valence-corrected chi connectivity index (χ4v) is 2.73. The zero-order valence-electron chi connectivity index (χ0n) is 11.6. The van der Waals surface area contributed by atoms with E-state index < -0.39 is 0 Å². The molecule has 0 saturated heterocycles. The van der Waals surface area contributed by atoms with E-state index in [0.29, 0.717) is 17.3 Å². The number of nitrogens with one attached hydrogen (secondary N) is 2. The van der Waals surface area contributed by atoms with Crippen LogP contribution in [0.15, 0.2) is 30.5 Å². The van der Waals surface area contributed by atoms with Crippen molar-refractivity contribution in [2.75, 3.05) is 0 Å². The lowest BCUT2D eigenvalue weighted by atomic mass is 10.1. The van der Waals surface area contributed by atoms with Gasteiger partial charge in [-0.25, -0.2) is 0 Å². The number of aromatic nitrogens is 1. The van der Waals surface area contributed by atoms with Gasteiger partial charge in [0, 0.05) is 32.9 Å². The highest BCUT2D eigenvalue weighted by Crippen LogP contribution is 2.17. The number of fused-ring (bicyclic) bond motifs is 1. The number of carbonyl (C=O) groups excluding carboxylic acids is 1. The second-order valence-corrected chi connectivity index (χ2v) is 5.48. The van der Waals surface area contributed by atoms with Crippen LogP contribution in [-0.4, -0.2) is 10.5 Å². The molecule has 0 radical (unpaired) electrons. The summed E-state index contributed by atoms with van der Waals surface area (Å²) in [5.74, 6) is -0.113.